The summed E-state index contributed by atoms with van der Waals surface area (Å²) in [5, 5.41) is 6.35. The van der Waals surface area contributed by atoms with Crippen LogP contribution in [-0.4, -0.2) is 19.6 Å². The second kappa shape index (κ2) is 7.29. The van der Waals surface area contributed by atoms with Gasteiger partial charge in [-0.3, -0.25) is 4.79 Å². The first-order valence-electron chi connectivity index (χ1n) is 8.00. The van der Waals surface area contributed by atoms with Crippen molar-refractivity contribution in [1.29, 1.82) is 0 Å². The van der Waals surface area contributed by atoms with Crippen LogP contribution in [0.1, 0.15) is 23.1 Å². The SMILES string of the molecule is COc1ccc(CCC(=O)Nc2ccc3c(c2)CNCC3)cc1. The summed E-state index contributed by atoms with van der Waals surface area (Å²) in [5.41, 5.74) is 4.67. The van der Waals surface area contributed by atoms with Gasteiger partial charge in [-0.2, -0.15) is 0 Å². The van der Waals surface area contributed by atoms with E-state index in [1.807, 2.05) is 30.3 Å². The van der Waals surface area contributed by atoms with Crippen LogP contribution in [-0.2, 0) is 24.2 Å². The van der Waals surface area contributed by atoms with Crippen LogP contribution >= 0.6 is 0 Å². The molecule has 0 saturated carbocycles. The number of rotatable bonds is 5. The number of aryl methyl sites for hydroxylation is 1. The van der Waals surface area contributed by atoms with Crippen LogP contribution in [0.25, 0.3) is 0 Å². The molecule has 2 aromatic carbocycles. The number of benzene rings is 2. The minimum atomic E-state index is 0.0459. The Bertz CT molecular complexity index is 680. The highest BCUT2D eigenvalue weighted by Crippen LogP contribution is 2.19. The lowest BCUT2D eigenvalue weighted by molar-refractivity contribution is -0.116. The second-order valence-corrected chi connectivity index (χ2v) is 5.81. The second-order valence-electron chi connectivity index (χ2n) is 5.81. The van der Waals surface area contributed by atoms with Crippen molar-refractivity contribution in [1.82, 2.24) is 5.32 Å². The molecule has 0 aromatic heterocycles. The summed E-state index contributed by atoms with van der Waals surface area (Å²) in [5.74, 6) is 0.880. The van der Waals surface area contributed by atoms with Crippen molar-refractivity contribution in [2.45, 2.75) is 25.8 Å². The van der Waals surface area contributed by atoms with Crippen LogP contribution in [0, 0.1) is 0 Å². The number of fused-ring (bicyclic) bond motifs is 1. The maximum absolute atomic E-state index is 12.1. The number of hydrogen-bond donors (Lipinski definition) is 2. The van der Waals surface area contributed by atoms with Crippen LogP contribution in [0.15, 0.2) is 42.5 Å². The predicted octanol–water partition coefficient (Wildman–Crippen LogP) is 2.91. The molecule has 0 fully saturated rings. The van der Waals surface area contributed by atoms with E-state index in [-0.39, 0.29) is 5.91 Å². The Morgan fingerprint density at radius 3 is 2.78 bits per heavy atom. The summed E-state index contributed by atoms with van der Waals surface area (Å²) in [6.07, 6.45) is 2.25. The largest absolute Gasteiger partial charge is 0.497 e. The Hall–Kier alpha value is -2.33. The molecule has 1 amide bonds. The molecule has 4 nitrogen and oxygen atoms in total. The molecular formula is C19H22N2O2. The maximum atomic E-state index is 12.1. The number of carbonyl (C=O) groups excluding carboxylic acids is 1. The number of carbonyl (C=O) groups is 1. The van der Waals surface area contributed by atoms with Crippen molar-refractivity contribution in [2.24, 2.45) is 0 Å². The van der Waals surface area contributed by atoms with Crippen LogP contribution < -0.4 is 15.4 Å². The zero-order chi connectivity index (χ0) is 16.1. The average Bonchev–Trinajstić information content (AvgIpc) is 2.60. The number of anilines is 1. The van der Waals surface area contributed by atoms with Crippen LogP contribution in [0.4, 0.5) is 5.69 Å². The fraction of sp³-hybridized carbons (Fsp3) is 0.316. The van der Waals surface area contributed by atoms with Gasteiger partial charge in [-0.15, -0.1) is 0 Å². The van der Waals surface area contributed by atoms with Gasteiger partial charge in [0.2, 0.25) is 5.91 Å². The maximum Gasteiger partial charge on any atom is 0.224 e. The molecule has 0 spiro atoms. The van der Waals surface area contributed by atoms with E-state index in [0.717, 1.165) is 42.9 Å². The Kier molecular flexibility index (Phi) is 4.93. The number of hydrogen-bond acceptors (Lipinski definition) is 3. The summed E-state index contributed by atoms with van der Waals surface area (Å²) in [7, 11) is 1.65. The Labute approximate surface area is 136 Å². The lowest BCUT2D eigenvalue weighted by atomic mass is 10.0. The van der Waals surface area contributed by atoms with Gasteiger partial charge in [-0.1, -0.05) is 18.2 Å². The Balaban J connectivity index is 1.54. The predicted molar refractivity (Wildman–Crippen MR) is 91.8 cm³/mol. The van der Waals surface area contributed by atoms with Gasteiger partial charge in [0.25, 0.3) is 0 Å². The molecule has 1 heterocycles. The third-order valence-electron chi connectivity index (χ3n) is 4.18. The molecule has 4 heteroatoms. The van der Waals surface area contributed by atoms with Crippen molar-refractivity contribution in [2.75, 3.05) is 19.0 Å². The van der Waals surface area contributed by atoms with E-state index >= 15 is 0 Å². The standard InChI is InChI=1S/C19H22N2O2/c1-23-18-7-2-14(3-8-18)4-9-19(22)21-17-6-5-15-10-11-20-13-16(15)12-17/h2-3,5-8,12,20H,4,9-11,13H2,1H3,(H,21,22). The Morgan fingerprint density at radius 1 is 1.17 bits per heavy atom. The van der Waals surface area contributed by atoms with E-state index in [0.29, 0.717) is 6.42 Å². The van der Waals surface area contributed by atoms with E-state index in [1.54, 1.807) is 7.11 Å². The van der Waals surface area contributed by atoms with Gasteiger partial charge >= 0.3 is 0 Å². The number of ether oxygens (including phenoxy) is 1. The first-order valence-corrected chi connectivity index (χ1v) is 8.00. The van der Waals surface area contributed by atoms with E-state index < -0.39 is 0 Å². The smallest absolute Gasteiger partial charge is 0.224 e. The number of methoxy groups -OCH3 is 1. The molecule has 0 unspecified atom stereocenters. The third-order valence-corrected chi connectivity index (χ3v) is 4.18. The summed E-state index contributed by atoms with van der Waals surface area (Å²) in [6.45, 7) is 1.91. The van der Waals surface area contributed by atoms with E-state index in [1.165, 1.54) is 11.1 Å². The summed E-state index contributed by atoms with van der Waals surface area (Å²) in [4.78, 5) is 12.1. The van der Waals surface area contributed by atoms with E-state index in [2.05, 4.69) is 22.8 Å². The number of amides is 1. The first kappa shape index (κ1) is 15.6. The van der Waals surface area contributed by atoms with Crippen molar-refractivity contribution >= 4 is 11.6 Å². The molecule has 0 saturated heterocycles. The molecular weight excluding hydrogens is 288 g/mol. The number of nitrogens with one attached hydrogen (secondary N) is 2. The quantitative estimate of drug-likeness (QED) is 0.893. The molecule has 2 aromatic rings. The highest BCUT2D eigenvalue weighted by atomic mass is 16.5. The van der Waals surface area contributed by atoms with Crippen molar-refractivity contribution < 1.29 is 9.53 Å². The van der Waals surface area contributed by atoms with Gasteiger partial charge in [0.15, 0.2) is 0 Å². The summed E-state index contributed by atoms with van der Waals surface area (Å²) in [6, 6.07) is 14.0. The summed E-state index contributed by atoms with van der Waals surface area (Å²) >= 11 is 0. The fourth-order valence-electron chi connectivity index (χ4n) is 2.83. The highest BCUT2D eigenvalue weighted by molar-refractivity contribution is 5.91. The monoisotopic (exact) mass is 310 g/mol. The molecule has 120 valence electrons. The molecule has 1 aliphatic rings. The van der Waals surface area contributed by atoms with Gasteiger partial charge in [0.05, 0.1) is 7.11 Å². The van der Waals surface area contributed by atoms with E-state index in [4.69, 9.17) is 4.74 Å². The topological polar surface area (TPSA) is 50.4 Å². The van der Waals surface area contributed by atoms with Gasteiger partial charge in [-0.25, -0.2) is 0 Å². The molecule has 23 heavy (non-hydrogen) atoms. The van der Waals surface area contributed by atoms with Gasteiger partial charge in [0.1, 0.15) is 5.75 Å². The highest BCUT2D eigenvalue weighted by Gasteiger charge is 2.10. The summed E-state index contributed by atoms with van der Waals surface area (Å²) < 4.78 is 5.13. The normalized spacial score (nSPS) is 13.3. The molecule has 0 radical (unpaired) electrons. The van der Waals surface area contributed by atoms with Gasteiger partial charge in [0, 0.05) is 18.7 Å². The third kappa shape index (κ3) is 4.11. The fourth-order valence-corrected chi connectivity index (χ4v) is 2.83. The lowest BCUT2D eigenvalue weighted by Crippen LogP contribution is -2.23. The van der Waals surface area contributed by atoms with E-state index in [9.17, 15) is 4.79 Å². The van der Waals surface area contributed by atoms with Gasteiger partial charge < -0.3 is 15.4 Å². The minimum Gasteiger partial charge on any atom is -0.497 e. The Morgan fingerprint density at radius 2 is 2.00 bits per heavy atom. The molecule has 2 N–H and O–H groups in total. The van der Waals surface area contributed by atoms with Crippen LogP contribution in [0.5, 0.6) is 5.75 Å². The zero-order valence-electron chi connectivity index (χ0n) is 13.4. The van der Waals surface area contributed by atoms with Crippen molar-refractivity contribution in [3.05, 3.63) is 59.2 Å². The molecule has 3 rings (SSSR count). The molecule has 1 aliphatic heterocycles. The van der Waals surface area contributed by atoms with Crippen molar-refractivity contribution in [3.63, 3.8) is 0 Å². The first-order chi connectivity index (χ1) is 11.2. The molecule has 0 atom stereocenters. The van der Waals surface area contributed by atoms with Crippen LogP contribution in [0.3, 0.4) is 0 Å². The molecule has 0 bridgehead atoms. The van der Waals surface area contributed by atoms with Gasteiger partial charge in [-0.05, 0) is 60.3 Å². The minimum absolute atomic E-state index is 0.0459. The van der Waals surface area contributed by atoms with Crippen molar-refractivity contribution in [3.8, 4) is 5.75 Å². The van der Waals surface area contributed by atoms with Crippen LogP contribution in [0.2, 0.25) is 0 Å². The lowest BCUT2D eigenvalue weighted by Gasteiger charge is -2.18. The molecule has 0 aliphatic carbocycles. The zero-order valence-corrected chi connectivity index (χ0v) is 13.4. The average molecular weight is 310 g/mol.